The van der Waals surface area contributed by atoms with Gasteiger partial charge in [-0.25, -0.2) is 9.59 Å². The molecule has 2 atom stereocenters. The van der Waals surface area contributed by atoms with E-state index in [2.05, 4.69) is 14.8 Å². The van der Waals surface area contributed by atoms with Gasteiger partial charge in [0.15, 0.2) is 11.5 Å². The zero-order chi connectivity index (χ0) is 22.6. The van der Waals surface area contributed by atoms with Crippen molar-refractivity contribution in [3.05, 3.63) is 58.6 Å². The number of rotatable bonds is 8. The van der Waals surface area contributed by atoms with E-state index in [9.17, 15) is 14.7 Å². The first-order valence-corrected chi connectivity index (χ1v) is 10.0. The Balaban J connectivity index is 1.63. The Labute approximate surface area is 185 Å². The fraction of sp³-hybridized carbons (Fsp3) is 0.364. The van der Waals surface area contributed by atoms with Gasteiger partial charge in [0.2, 0.25) is 0 Å². The smallest absolute Gasteiger partial charge is 0.453 e. The molecule has 2 aromatic rings. The molecule has 0 saturated carbocycles. The molecule has 0 spiro atoms. The van der Waals surface area contributed by atoms with Crippen molar-refractivity contribution in [3.8, 4) is 11.5 Å². The van der Waals surface area contributed by atoms with Crippen LogP contribution in [0, 0.1) is 0 Å². The van der Waals surface area contributed by atoms with Crippen LogP contribution in [0.1, 0.15) is 24.2 Å². The Hall–Kier alpha value is -2.81. The number of carbonyl (C=O) groups is 2. The van der Waals surface area contributed by atoms with Gasteiger partial charge in [-0.3, -0.25) is 0 Å². The second-order valence-corrected chi connectivity index (χ2v) is 7.61. The molecule has 8 nitrogen and oxygen atoms in total. The van der Waals surface area contributed by atoms with Crippen molar-refractivity contribution < 1.29 is 33.6 Å². The molecule has 31 heavy (non-hydrogen) atoms. The minimum absolute atomic E-state index is 0.0141. The van der Waals surface area contributed by atoms with Gasteiger partial charge in [0.1, 0.15) is 0 Å². The maximum atomic E-state index is 12.1. The number of hydrogen-bond donors (Lipinski definition) is 2. The molecule has 0 fully saturated rings. The third kappa shape index (κ3) is 4.92. The van der Waals surface area contributed by atoms with E-state index in [1.165, 1.54) is 0 Å². The van der Waals surface area contributed by atoms with Gasteiger partial charge in [-0.1, -0.05) is 29.8 Å². The zero-order valence-corrected chi connectivity index (χ0v) is 18.1. The lowest BCUT2D eigenvalue weighted by atomic mass is 10.1. The molecule has 1 heterocycles. The number of aliphatic hydroxyl groups is 1. The maximum Gasteiger partial charge on any atom is 0.453 e. The van der Waals surface area contributed by atoms with Crippen LogP contribution in [-0.4, -0.2) is 49.6 Å². The SMILES string of the molecule is COC(=O)C1(C(=O)OC)Oc2ccc(C[C@@H](C)NC[C@H](O)c3cccc(Cl)c3)cc2O1. The number of halogens is 1. The molecule has 1 aliphatic rings. The first kappa shape index (κ1) is 22.9. The van der Waals surface area contributed by atoms with Crippen molar-refractivity contribution in [1.82, 2.24) is 5.32 Å². The van der Waals surface area contributed by atoms with Gasteiger partial charge < -0.3 is 29.4 Å². The third-order valence-corrected chi connectivity index (χ3v) is 5.09. The highest BCUT2D eigenvalue weighted by atomic mass is 35.5. The molecular weight excluding hydrogens is 426 g/mol. The molecule has 2 N–H and O–H groups in total. The lowest BCUT2D eigenvalue weighted by molar-refractivity contribution is -0.199. The quantitative estimate of drug-likeness (QED) is 0.468. The van der Waals surface area contributed by atoms with Crippen molar-refractivity contribution in [2.45, 2.75) is 31.3 Å². The second kappa shape index (κ2) is 9.55. The summed E-state index contributed by atoms with van der Waals surface area (Å²) in [4.78, 5) is 24.3. The van der Waals surface area contributed by atoms with E-state index in [4.69, 9.17) is 21.1 Å². The molecule has 0 radical (unpaired) electrons. The molecule has 3 rings (SSSR count). The lowest BCUT2D eigenvalue weighted by Crippen LogP contribution is -2.55. The maximum absolute atomic E-state index is 12.1. The summed E-state index contributed by atoms with van der Waals surface area (Å²) in [7, 11) is 2.25. The van der Waals surface area contributed by atoms with Crippen LogP contribution in [0.15, 0.2) is 42.5 Å². The molecule has 2 aromatic carbocycles. The summed E-state index contributed by atoms with van der Waals surface area (Å²) < 4.78 is 20.3. The third-order valence-electron chi connectivity index (χ3n) is 4.86. The van der Waals surface area contributed by atoms with Crippen LogP contribution in [0.2, 0.25) is 5.02 Å². The Bertz CT molecular complexity index is 949. The summed E-state index contributed by atoms with van der Waals surface area (Å²) in [5, 5.41) is 14.2. The highest BCUT2D eigenvalue weighted by Gasteiger charge is 2.59. The molecule has 166 valence electrons. The largest absolute Gasteiger partial charge is 0.463 e. The van der Waals surface area contributed by atoms with Crippen LogP contribution in [0.5, 0.6) is 11.5 Å². The van der Waals surface area contributed by atoms with Crippen molar-refractivity contribution in [3.63, 3.8) is 0 Å². The average Bonchev–Trinajstić information content (AvgIpc) is 3.16. The predicted molar refractivity (Wildman–Crippen MR) is 112 cm³/mol. The van der Waals surface area contributed by atoms with Gasteiger partial charge in [-0.2, -0.15) is 0 Å². The molecule has 0 aromatic heterocycles. The standard InChI is InChI=1S/C22H24ClNO7/c1-13(24-12-17(25)15-5-4-6-16(23)11-15)9-14-7-8-18-19(10-14)31-22(30-18,20(26)28-2)21(27)29-3/h4-8,10-11,13,17,24-25H,9,12H2,1-3H3/t13-,17+/m1/s1. The molecule has 0 amide bonds. The van der Waals surface area contributed by atoms with E-state index in [0.29, 0.717) is 18.0 Å². The minimum Gasteiger partial charge on any atom is -0.463 e. The zero-order valence-electron chi connectivity index (χ0n) is 17.4. The van der Waals surface area contributed by atoms with Crippen LogP contribution >= 0.6 is 11.6 Å². The van der Waals surface area contributed by atoms with Gasteiger partial charge in [-0.05, 0) is 48.7 Å². The highest BCUT2D eigenvalue weighted by molar-refractivity contribution is 6.30. The lowest BCUT2D eigenvalue weighted by Gasteiger charge is -2.21. The van der Waals surface area contributed by atoms with E-state index in [1.54, 1.807) is 36.4 Å². The number of nitrogens with one attached hydrogen (secondary N) is 1. The van der Waals surface area contributed by atoms with Crippen LogP contribution < -0.4 is 14.8 Å². The minimum atomic E-state index is -2.31. The van der Waals surface area contributed by atoms with Crippen molar-refractivity contribution in [1.29, 1.82) is 0 Å². The number of carbonyl (C=O) groups excluding carboxylic acids is 2. The highest BCUT2D eigenvalue weighted by Crippen LogP contribution is 2.41. The summed E-state index contributed by atoms with van der Waals surface area (Å²) in [6.45, 7) is 2.32. The molecule has 0 unspecified atom stereocenters. The number of fused-ring (bicyclic) bond motifs is 1. The summed E-state index contributed by atoms with van der Waals surface area (Å²) in [6.07, 6.45) is -0.0962. The average molecular weight is 450 g/mol. The summed E-state index contributed by atoms with van der Waals surface area (Å²) in [5.41, 5.74) is 1.61. The molecule has 0 bridgehead atoms. The van der Waals surface area contributed by atoms with Gasteiger partial charge in [0, 0.05) is 17.6 Å². The van der Waals surface area contributed by atoms with Gasteiger partial charge in [0.05, 0.1) is 20.3 Å². The molecule has 9 heteroatoms. The van der Waals surface area contributed by atoms with E-state index >= 15 is 0 Å². The summed E-state index contributed by atoms with van der Waals surface area (Å²) in [5.74, 6) is -3.87. The number of aliphatic hydroxyl groups excluding tert-OH is 1. The Morgan fingerprint density at radius 1 is 1.10 bits per heavy atom. The number of methoxy groups -OCH3 is 2. The summed E-state index contributed by atoms with van der Waals surface area (Å²) in [6, 6.07) is 12.2. The number of ether oxygens (including phenoxy) is 4. The number of benzene rings is 2. The normalized spacial score (nSPS) is 15.8. The van der Waals surface area contributed by atoms with E-state index in [-0.39, 0.29) is 17.5 Å². The van der Waals surface area contributed by atoms with E-state index in [0.717, 1.165) is 25.3 Å². The number of esters is 2. The molecule has 1 aliphatic heterocycles. The van der Waals surface area contributed by atoms with Gasteiger partial charge in [-0.15, -0.1) is 0 Å². The second-order valence-electron chi connectivity index (χ2n) is 7.17. The fourth-order valence-corrected chi connectivity index (χ4v) is 3.46. The summed E-state index contributed by atoms with van der Waals surface area (Å²) >= 11 is 5.97. The Morgan fingerprint density at radius 3 is 2.42 bits per heavy atom. The van der Waals surface area contributed by atoms with Crippen LogP contribution in [0.3, 0.4) is 0 Å². The Kier molecular flexibility index (Phi) is 7.04. The van der Waals surface area contributed by atoms with Crippen LogP contribution in [0.4, 0.5) is 0 Å². The van der Waals surface area contributed by atoms with Crippen molar-refractivity contribution in [2.75, 3.05) is 20.8 Å². The first-order valence-electron chi connectivity index (χ1n) is 9.63. The van der Waals surface area contributed by atoms with E-state index in [1.807, 2.05) is 13.0 Å². The first-order chi connectivity index (χ1) is 14.8. The van der Waals surface area contributed by atoms with Gasteiger partial charge in [0.25, 0.3) is 0 Å². The predicted octanol–water partition coefficient (Wildman–Crippen LogP) is 2.41. The molecule has 0 aliphatic carbocycles. The van der Waals surface area contributed by atoms with Crippen LogP contribution in [-0.2, 0) is 25.5 Å². The van der Waals surface area contributed by atoms with E-state index < -0.39 is 23.8 Å². The monoisotopic (exact) mass is 449 g/mol. The van der Waals surface area contributed by atoms with Crippen LogP contribution in [0.25, 0.3) is 0 Å². The fourth-order valence-electron chi connectivity index (χ4n) is 3.26. The topological polar surface area (TPSA) is 103 Å². The van der Waals surface area contributed by atoms with Gasteiger partial charge >= 0.3 is 17.7 Å². The molecule has 0 saturated heterocycles. The number of hydrogen-bond acceptors (Lipinski definition) is 8. The Morgan fingerprint density at radius 2 is 1.77 bits per heavy atom. The van der Waals surface area contributed by atoms with Crippen molar-refractivity contribution in [2.24, 2.45) is 0 Å². The van der Waals surface area contributed by atoms with Crippen molar-refractivity contribution >= 4 is 23.5 Å². The molecular formula is C22H24ClNO7.